The first-order chi connectivity index (χ1) is 14.8. The lowest BCUT2D eigenvalue weighted by Gasteiger charge is -2.32. The Kier molecular flexibility index (Phi) is 5.67. The number of para-hydroxylation sites is 1. The monoisotopic (exact) mass is 440 g/mol. The summed E-state index contributed by atoms with van der Waals surface area (Å²) in [5.41, 5.74) is -0.338. The molecule has 0 aliphatic carbocycles. The Labute approximate surface area is 183 Å². The molecule has 1 amide bonds. The van der Waals surface area contributed by atoms with Gasteiger partial charge in [-0.2, -0.15) is 0 Å². The van der Waals surface area contributed by atoms with E-state index in [1.54, 1.807) is 29.2 Å². The number of nitrogens with one attached hydrogen (secondary N) is 2. The molecule has 3 aromatic rings. The second kappa shape index (κ2) is 8.41. The summed E-state index contributed by atoms with van der Waals surface area (Å²) in [4.78, 5) is 41.0. The van der Waals surface area contributed by atoms with Gasteiger partial charge in [0.25, 0.3) is 16.8 Å². The van der Waals surface area contributed by atoms with Crippen molar-refractivity contribution in [3.63, 3.8) is 0 Å². The average molecular weight is 441 g/mol. The fraction of sp³-hybridized carbons (Fsp3) is 0.227. The predicted octanol–water partition coefficient (Wildman–Crippen LogP) is 2.52. The third-order valence-corrected chi connectivity index (χ3v) is 5.67. The number of carbonyl (C=O) groups excluding carboxylic acids is 1. The fourth-order valence-corrected chi connectivity index (χ4v) is 3.61. The summed E-state index contributed by atoms with van der Waals surface area (Å²) in [6.07, 6.45) is 0. The van der Waals surface area contributed by atoms with Crippen LogP contribution in [0.1, 0.15) is 10.4 Å². The van der Waals surface area contributed by atoms with E-state index in [2.05, 4.69) is 15.5 Å². The van der Waals surface area contributed by atoms with Crippen molar-refractivity contribution in [2.24, 2.45) is 0 Å². The maximum atomic E-state index is 12.8. The molecule has 1 heterocycles. The molecule has 3 N–H and O–H groups in total. The Hall–Kier alpha value is -3.36. The highest BCUT2D eigenvalue weighted by molar-refractivity contribution is 6.33. The Balaban J connectivity index is 1.58. The summed E-state index contributed by atoms with van der Waals surface area (Å²) in [5, 5.41) is 16.3. The topological polar surface area (TPSA) is 102 Å². The number of benzene rings is 2. The quantitative estimate of drug-likeness (QED) is 0.414. The number of phenolic OH excluding ortho intramolecular Hbond substituents is 1. The van der Waals surface area contributed by atoms with Crippen LogP contribution in [0.5, 0.6) is 5.75 Å². The zero-order valence-electron chi connectivity index (χ0n) is 16.8. The molecule has 0 bridgehead atoms. The van der Waals surface area contributed by atoms with Crippen molar-refractivity contribution in [2.75, 3.05) is 43.9 Å². The zero-order valence-corrected chi connectivity index (χ0v) is 17.6. The van der Waals surface area contributed by atoms with Crippen LogP contribution in [-0.2, 0) is 0 Å². The Morgan fingerprint density at radius 2 is 1.55 bits per heavy atom. The molecular formula is C22H21ClN4O4. The van der Waals surface area contributed by atoms with Crippen LogP contribution in [0.4, 0.5) is 22.7 Å². The van der Waals surface area contributed by atoms with Crippen molar-refractivity contribution in [3.8, 4) is 5.75 Å². The Morgan fingerprint density at radius 3 is 2.19 bits per heavy atom. The number of aromatic hydroxyl groups is 1. The molecule has 0 unspecified atom stereocenters. The van der Waals surface area contributed by atoms with Gasteiger partial charge in [0.15, 0.2) is 0 Å². The highest BCUT2D eigenvalue weighted by Crippen LogP contribution is 2.32. The number of hydrogen-bond donors (Lipinski definition) is 3. The summed E-state index contributed by atoms with van der Waals surface area (Å²) in [6, 6.07) is 11.2. The zero-order chi connectivity index (χ0) is 22.1. The largest absolute Gasteiger partial charge is 0.506 e. The molecule has 0 radical (unpaired) electrons. The first-order valence-corrected chi connectivity index (χ1v) is 10.2. The number of carbonyl (C=O) groups is 1. The molecule has 1 fully saturated rings. The summed E-state index contributed by atoms with van der Waals surface area (Å²) >= 11 is 6.12. The molecule has 1 aliphatic rings. The normalized spacial score (nSPS) is 14.6. The van der Waals surface area contributed by atoms with Crippen LogP contribution in [0.3, 0.4) is 0 Å². The van der Waals surface area contributed by atoms with Gasteiger partial charge < -0.3 is 25.5 Å². The standard InChI is InChI=1S/C22H21ClN4O4/c1-26-8-10-27(11-9-26)22(31)13-6-7-17(28)16(12-13)25-19-18(20(29)21(19)30)24-15-5-3-2-4-14(15)23/h2-7,12,24-25,28H,8-11H2,1H3. The Morgan fingerprint density at radius 1 is 0.935 bits per heavy atom. The van der Waals surface area contributed by atoms with Gasteiger partial charge in [-0.1, -0.05) is 23.7 Å². The predicted molar refractivity (Wildman–Crippen MR) is 121 cm³/mol. The molecule has 9 heteroatoms. The Bertz CT molecular complexity index is 1210. The van der Waals surface area contributed by atoms with E-state index in [4.69, 9.17) is 11.6 Å². The van der Waals surface area contributed by atoms with Crippen LogP contribution >= 0.6 is 11.6 Å². The van der Waals surface area contributed by atoms with Crippen LogP contribution in [-0.4, -0.2) is 54.0 Å². The number of hydrogen-bond acceptors (Lipinski definition) is 7. The first kappa shape index (κ1) is 20.9. The summed E-state index contributed by atoms with van der Waals surface area (Å²) in [6.45, 7) is 2.80. The lowest BCUT2D eigenvalue weighted by atomic mass is 10.1. The van der Waals surface area contributed by atoms with Gasteiger partial charge in [-0.25, -0.2) is 0 Å². The average Bonchev–Trinajstić information content (AvgIpc) is 2.78. The van der Waals surface area contributed by atoms with E-state index in [0.717, 1.165) is 13.1 Å². The lowest BCUT2D eigenvalue weighted by molar-refractivity contribution is 0.0664. The molecular weight excluding hydrogens is 420 g/mol. The van der Waals surface area contributed by atoms with E-state index in [1.165, 1.54) is 18.2 Å². The van der Waals surface area contributed by atoms with Crippen LogP contribution in [0.2, 0.25) is 5.02 Å². The second-order valence-corrected chi connectivity index (χ2v) is 7.87. The van der Waals surface area contributed by atoms with Crippen molar-refractivity contribution in [1.82, 2.24) is 9.80 Å². The number of nitrogens with zero attached hydrogens (tertiary/aromatic N) is 2. The summed E-state index contributed by atoms with van der Waals surface area (Å²) < 4.78 is 0. The third-order valence-electron chi connectivity index (χ3n) is 5.34. The van der Waals surface area contributed by atoms with Gasteiger partial charge in [0, 0.05) is 31.7 Å². The molecule has 0 spiro atoms. The van der Waals surface area contributed by atoms with Gasteiger partial charge in [0.05, 0.1) is 16.4 Å². The SMILES string of the molecule is CN1CCN(C(=O)c2ccc(O)c(Nc3c(Nc4ccccc4Cl)c(=O)c3=O)c2)CC1. The third kappa shape index (κ3) is 4.12. The minimum atomic E-state index is -0.718. The second-order valence-electron chi connectivity index (χ2n) is 7.47. The van der Waals surface area contributed by atoms with Crippen LogP contribution in [0.25, 0.3) is 0 Å². The summed E-state index contributed by atoms with van der Waals surface area (Å²) in [5.74, 6) is -0.303. The van der Waals surface area contributed by atoms with Gasteiger partial charge in [-0.15, -0.1) is 0 Å². The molecule has 3 aromatic carbocycles. The van der Waals surface area contributed by atoms with Crippen molar-refractivity contribution in [1.29, 1.82) is 0 Å². The fourth-order valence-electron chi connectivity index (χ4n) is 3.42. The van der Waals surface area contributed by atoms with Crippen LogP contribution < -0.4 is 21.5 Å². The number of anilines is 4. The lowest BCUT2D eigenvalue weighted by Crippen LogP contribution is -2.47. The van der Waals surface area contributed by atoms with Gasteiger partial charge in [-0.3, -0.25) is 14.4 Å². The highest BCUT2D eigenvalue weighted by Gasteiger charge is 2.24. The van der Waals surface area contributed by atoms with Crippen molar-refractivity contribution >= 4 is 40.3 Å². The van der Waals surface area contributed by atoms with E-state index in [1.807, 2.05) is 7.05 Å². The van der Waals surface area contributed by atoms with E-state index >= 15 is 0 Å². The molecule has 4 rings (SSSR count). The molecule has 0 saturated carbocycles. The molecule has 0 atom stereocenters. The maximum Gasteiger partial charge on any atom is 0.254 e. The van der Waals surface area contributed by atoms with E-state index in [9.17, 15) is 19.5 Å². The number of halogens is 1. The molecule has 1 saturated heterocycles. The molecule has 31 heavy (non-hydrogen) atoms. The van der Waals surface area contributed by atoms with Gasteiger partial charge in [0.1, 0.15) is 17.1 Å². The van der Waals surface area contributed by atoms with Gasteiger partial charge in [-0.05, 0) is 37.4 Å². The van der Waals surface area contributed by atoms with Crippen molar-refractivity contribution < 1.29 is 9.90 Å². The van der Waals surface area contributed by atoms with Crippen molar-refractivity contribution in [3.05, 3.63) is 73.5 Å². The molecule has 0 aromatic heterocycles. The minimum absolute atomic E-state index is 0.00409. The maximum absolute atomic E-state index is 12.8. The highest BCUT2D eigenvalue weighted by atomic mass is 35.5. The number of likely N-dealkylation sites (N-methyl/N-ethyl adjacent to an activating group) is 1. The smallest absolute Gasteiger partial charge is 0.254 e. The number of rotatable bonds is 5. The minimum Gasteiger partial charge on any atom is -0.506 e. The number of phenols is 1. The van der Waals surface area contributed by atoms with Crippen LogP contribution in [0, 0.1) is 0 Å². The summed E-state index contributed by atoms with van der Waals surface area (Å²) in [7, 11) is 2.00. The number of piperazine rings is 1. The van der Waals surface area contributed by atoms with Gasteiger partial charge >= 0.3 is 0 Å². The first-order valence-electron chi connectivity index (χ1n) is 9.78. The van der Waals surface area contributed by atoms with Crippen molar-refractivity contribution in [2.45, 2.75) is 0 Å². The van der Waals surface area contributed by atoms with Gasteiger partial charge in [0.2, 0.25) is 0 Å². The molecule has 1 aliphatic heterocycles. The molecule has 8 nitrogen and oxygen atoms in total. The van der Waals surface area contributed by atoms with Crippen LogP contribution in [0.15, 0.2) is 52.1 Å². The van der Waals surface area contributed by atoms with E-state index < -0.39 is 10.9 Å². The van der Waals surface area contributed by atoms with E-state index in [-0.39, 0.29) is 28.7 Å². The molecule has 160 valence electrons. The number of amides is 1. The van der Waals surface area contributed by atoms with E-state index in [0.29, 0.717) is 29.4 Å².